The first-order valence-corrected chi connectivity index (χ1v) is 10.9. The van der Waals surface area contributed by atoms with Crippen LogP contribution < -0.4 is 11.5 Å². The fourth-order valence-corrected chi connectivity index (χ4v) is 4.19. The molecular weight excluding hydrogens is 451 g/mol. The van der Waals surface area contributed by atoms with Crippen molar-refractivity contribution < 1.29 is 18.0 Å². The number of hydrogen-bond donors (Lipinski definition) is 2. The molecule has 4 nitrogen and oxygen atoms in total. The van der Waals surface area contributed by atoms with Crippen LogP contribution in [-0.4, -0.2) is 10.9 Å². The highest BCUT2D eigenvalue weighted by molar-refractivity contribution is 6.08. The molecule has 35 heavy (non-hydrogen) atoms. The van der Waals surface area contributed by atoms with Crippen molar-refractivity contribution in [1.82, 2.24) is 4.98 Å². The van der Waals surface area contributed by atoms with Gasteiger partial charge in [-0.15, -0.1) is 0 Å². The highest BCUT2D eigenvalue weighted by Crippen LogP contribution is 2.36. The minimum Gasteiger partial charge on any atom is -0.368 e. The number of nitrogens with two attached hydrogens (primary N) is 2. The summed E-state index contributed by atoms with van der Waals surface area (Å²) in [4.78, 5) is 15.9. The first-order chi connectivity index (χ1) is 16.7. The van der Waals surface area contributed by atoms with Crippen LogP contribution in [0.15, 0.2) is 91.0 Å². The molecule has 1 unspecified atom stereocenters. The Hall–Kier alpha value is -4.23. The number of rotatable bonds is 4. The van der Waals surface area contributed by atoms with E-state index in [1.165, 1.54) is 0 Å². The largest absolute Gasteiger partial charge is 0.416 e. The topological polar surface area (TPSA) is 82.0 Å². The molecular formula is C28H20F3N3O. The molecule has 0 spiro atoms. The molecule has 1 amide bonds. The Labute approximate surface area is 199 Å². The molecule has 0 aliphatic rings. The summed E-state index contributed by atoms with van der Waals surface area (Å²) in [7, 11) is 0. The Morgan fingerprint density at radius 3 is 2.03 bits per heavy atom. The highest BCUT2D eigenvalue weighted by atomic mass is 19.4. The van der Waals surface area contributed by atoms with Crippen LogP contribution in [0.3, 0.4) is 0 Å². The van der Waals surface area contributed by atoms with Crippen molar-refractivity contribution in [2.45, 2.75) is 12.2 Å². The summed E-state index contributed by atoms with van der Waals surface area (Å²) in [6, 6.07) is 24.8. The zero-order chi connectivity index (χ0) is 24.7. The molecule has 1 heterocycles. The lowest BCUT2D eigenvalue weighted by Crippen LogP contribution is -2.28. The predicted molar refractivity (Wildman–Crippen MR) is 131 cm³/mol. The summed E-state index contributed by atoms with van der Waals surface area (Å²) < 4.78 is 41.3. The predicted octanol–water partition coefficient (Wildman–Crippen LogP) is 6.23. The molecule has 174 valence electrons. The van der Waals surface area contributed by atoms with Gasteiger partial charge in [0.25, 0.3) is 0 Å². The van der Waals surface area contributed by atoms with Crippen LogP contribution in [0.4, 0.5) is 13.2 Å². The van der Waals surface area contributed by atoms with Gasteiger partial charge < -0.3 is 11.5 Å². The van der Waals surface area contributed by atoms with Gasteiger partial charge in [-0.05, 0) is 45.3 Å². The van der Waals surface area contributed by atoms with Crippen molar-refractivity contribution in [3.05, 3.63) is 102 Å². The lowest BCUT2D eigenvalue weighted by molar-refractivity contribution is -0.137. The Morgan fingerprint density at radius 2 is 1.34 bits per heavy atom. The van der Waals surface area contributed by atoms with Gasteiger partial charge in [0, 0.05) is 11.1 Å². The minimum atomic E-state index is -4.55. The SMILES string of the molecule is NC(=O)C(N)c1ccc(-c2cc(C(F)(F)F)cc(-c3ccc4c(ccc5ccccc54)c3)n2)cc1. The molecule has 1 aromatic heterocycles. The molecule has 0 aliphatic heterocycles. The third-order valence-corrected chi connectivity index (χ3v) is 6.07. The minimum absolute atomic E-state index is 0.160. The maximum atomic E-state index is 13.8. The molecule has 5 aromatic rings. The quantitative estimate of drug-likeness (QED) is 0.305. The van der Waals surface area contributed by atoms with E-state index in [1.807, 2.05) is 48.5 Å². The lowest BCUT2D eigenvalue weighted by Gasteiger charge is -2.14. The normalized spacial score (nSPS) is 12.7. The molecule has 0 saturated carbocycles. The van der Waals surface area contributed by atoms with Crippen LogP contribution in [0.1, 0.15) is 17.2 Å². The van der Waals surface area contributed by atoms with E-state index in [-0.39, 0.29) is 11.4 Å². The Bertz CT molecular complexity index is 1580. The van der Waals surface area contributed by atoms with Crippen molar-refractivity contribution in [1.29, 1.82) is 0 Å². The van der Waals surface area contributed by atoms with Gasteiger partial charge >= 0.3 is 6.18 Å². The Kier molecular flexibility index (Phi) is 5.49. The molecule has 0 saturated heterocycles. The second kappa shape index (κ2) is 8.52. The molecule has 0 aliphatic carbocycles. The van der Waals surface area contributed by atoms with E-state index in [0.717, 1.165) is 33.7 Å². The van der Waals surface area contributed by atoms with E-state index in [4.69, 9.17) is 11.5 Å². The summed E-state index contributed by atoms with van der Waals surface area (Å²) in [5.41, 5.74) is 12.1. The van der Waals surface area contributed by atoms with Crippen LogP contribution in [0.2, 0.25) is 0 Å². The molecule has 4 aromatic carbocycles. The van der Waals surface area contributed by atoms with Gasteiger partial charge in [-0.3, -0.25) is 4.79 Å². The molecule has 4 N–H and O–H groups in total. The number of benzene rings is 4. The molecule has 7 heteroatoms. The average molecular weight is 471 g/mol. The van der Waals surface area contributed by atoms with Crippen LogP contribution in [0, 0.1) is 0 Å². The van der Waals surface area contributed by atoms with Gasteiger partial charge in [-0.1, -0.05) is 72.8 Å². The summed E-state index contributed by atoms with van der Waals surface area (Å²) in [6.45, 7) is 0. The van der Waals surface area contributed by atoms with Gasteiger partial charge in [-0.2, -0.15) is 13.2 Å². The summed E-state index contributed by atoms with van der Waals surface area (Å²) in [6.07, 6.45) is -4.55. The number of amides is 1. The van der Waals surface area contributed by atoms with E-state index in [2.05, 4.69) is 4.98 Å². The van der Waals surface area contributed by atoms with E-state index < -0.39 is 23.7 Å². The molecule has 0 radical (unpaired) electrons. The van der Waals surface area contributed by atoms with E-state index in [0.29, 0.717) is 16.7 Å². The van der Waals surface area contributed by atoms with Gasteiger partial charge in [0.05, 0.1) is 17.0 Å². The number of carbonyl (C=O) groups is 1. The molecule has 1 atom stereocenters. The standard InChI is InChI=1S/C28H20F3N3O/c29-28(30,31)21-14-24(17-6-8-18(9-7-17)26(32)27(33)35)34-25(15-21)20-11-12-23-19(13-20)10-5-16-3-1-2-4-22(16)23/h1-15,26H,32H2,(H2,33,35). The van der Waals surface area contributed by atoms with Crippen LogP contribution in [0.25, 0.3) is 44.1 Å². The Morgan fingerprint density at radius 1 is 0.743 bits per heavy atom. The van der Waals surface area contributed by atoms with Crippen molar-refractivity contribution in [2.24, 2.45) is 11.5 Å². The zero-order valence-electron chi connectivity index (χ0n) is 18.4. The smallest absolute Gasteiger partial charge is 0.368 e. The fraction of sp³-hybridized carbons (Fsp3) is 0.0714. The zero-order valence-corrected chi connectivity index (χ0v) is 18.4. The number of fused-ring (bicyclic) bond motifs is 3. The van der Waals surface area contributed by atoms with Gasteiger partial charge in [0.2, 0.25) is 5.91 Å². The second-order valence-corrected chi connectivity index (χ2v) is 8.35. The van der Waals surface area contributed by atoms with Gasteiger partial charge in [-0.25, -0.2) is 4.98 Å². The maximum absolute atomic E-state index is 13.8. The van der Waals surface area contributed by atoms with Crippen LogP contribution in [0.5, 0.6) is 0 Å². The number of alkyl halides is 3. The van der Waals surface area contributed by atoms with E-state index in [9.17, 15) is 18.0 Å². The molecule has 0 bridgehead atoms. The van der Waals surface area contributed by atoms with E-state index in [1.54, 1.807) is 30.3 Å². The summed E-state index contributed by atoms with van der Waals surface area (Å²) >= 11 is 0. The Balaban J connectivity index is 1.62. The third-order valence-electron chi connectivity index (χ3n) is 6.07. The van der Waals surface area contributed by atoms with Crippen molar-refractivity contribution in [3.63, 3.8) is 0 Å². The summed E-state index contributed by atoms with van der Waals surface area (Å²) in [5, 5.41) is 4.09. The summed E-state index contributed by atoms with van der Waals surface area (Å²) in [5.74, 6) is -0.693. The monoisotopic (exact) mass is 471 g/mol. The highest BCUT2D eigenvalue weighted by Gasteiger charge is 2.32. The van der Waals surface area contributed by atoms with Gasteiger partial charge in [0.15, 0.2) is 0 Å². The number of halogens is 3. The lowest BCUT2D eigenvalue weighted by atomic mass is 9.98. The third kappa shape index (κ3) is 4.34. The number of primary amides is 1. The van der Waals surface area contributed by atoms with Crippen molar-refractivity contribution in [3.8, 4) is 22.5 Å². The number of hydrogen-bond acceptors (Lipinski definition) is 3. The van der Waals surface area contributed by atoms with Gasteiger partial charge in [0.1, 0.15) is 6.04 Å². The fourth-order valence-electron chi connectivity index (χ4n) is 4.19. The first kappa shape index (κ1) is 22.6. The number of nitrogens with zero attached hydrogens (tertiary/aromatic N) is 1. The second-order valence-electron chi connectivity index (χ2n) is 8.35. The molecule has 5 rings (SSSR count). The first-order valence-electron chi connectivity index (χ1n) is 10.9. The number of pyridine rings is 1. The maximum Gasteiger partial charge on any atom is 0.416 e. The van der Waals surface area contributed by atoms with Crippen LogP contribution >= 0.6 is 0 Å². The van der Waals surface area contributed by atoms with Crippen LogP contribution in [-0.2, 0) is 11.0 Å². The average Bonchev–Trinajstić information content (AvgIpc) is 2.87. The van der Waals surface area contributed by atoms with Crippen molar-refractivity contribution >= 4 is 27.5 Å². The number of carbonyl (C=O) groups excluding carboxylic acids is 1. The number of aromatic nitrogens is 1. The van der Waals surface area contributed by atoms with E-state index >= 15 is 0 Å². The van der Waals surface area contributed by atoms with Crippen molar-refractivity contribution in [2.75, 3.05) is 0 Å². The molecule has 0 fully saturated rings.